The van der Waals surface area contributed by atoms with Gasteiger partial charge in [0.05, 0.1) is 13.2 Å². The molecule has 0 aromatic heterocycles. The first-order valence-electron chi connectivity index (χ1n) is 11.2. The van der Waals surface area contributed by atoms with Crippen LogP contribution in [0, 0.1) is 5.92 Å². The number of likely N-dealkylation sites (N-methyl/N-ethyl adjacent to an activating group) is 1. The molecular formula is C23H41N5O. The lowest BCUT2D eigenvalue weighted by Crippen LogP contribution is -2.43. The Kier molecular flexibility index (Phi) is 11.1. The fourth-order valence-electron chi connectivity index (χ4n) is 3.19. The average Bonchev–Trinajstić information content (AvgIpc) is 2.71. The van der Waals surface area contributed by atoms with Gasteiger partial charge in [0.2, 0.25) is 0 Å². The van der Waals surface area contributed by atoms with Crippen LogP contribution in [0.5, 0.6) is 0 Å². The quantitative estimate of drug-likeness (QED) is 0.338. The second kappa shape index (κ2) is 13.6. The highest BCUT2D eigenvalue weighted by atomic mass is 16.5. The zero-order chi connectivity index (χ0) is 20.9. The SMILES string of the molecule is CCNC(=NCc1ccc(CN2CCN(C)CC2)cc1)NCCOCCC(C)C. The molecule has 1 aliphatic rings. The summed E-state index contributed by atoms with van der Waals surface area (Å²) in [6.45, 7) is 16.0. The molecule has 1 aromatic rings. The number of ether oxygens (including phenoxy) is 1. The van der Waals surface area contributed by atoms with Gasteiger partial charge in [0.15, 0.2) is 5.96 Å². The van der Waals surface area contributed by atoms with Crippen LogP contribution in [0.15, 0.2) is 29.3 Å². The summed E-state index contributed by atoms with van der Waals surface area (Å²) in [5.41, 5.74) is 2.61. The van der Waals surface area contributed by atoms with Gasteiger partial charge in [-0.05, 0) is 37.4 Å². The van der Waals surface area contributed by atoms with Crippen LogP contribution in [0.4, 0.5) is 0 Å². The lowest BCUT2D eigenvalue weighted by atomic mass is 10.1. The van der Waals surface area contributed by atoms with Gasteiger partial charge in [0.25, 0.3) is 0 Å². The molecule has 0 atom stereocenters. The molecule has 0 aliphatic carbocycles. The molecule has 1 aliphatic heterocycles. The van der Waals surface area contributed by atoms with Gasteiger partial charge in [0.1, 0.15) is 0 Å². The first-order chi connectivity index (χ1) is 14.1. The molecule has 0 radical (unpaired) electrons. The van der Waals surface area contributed by atoms with Crippen molar-refractivity contribution in [2.24, 2.45) is 10.9 Å². The zero-order valence-corrected chi connectivity index (χ0v) is 18.9. The van der Waals surface area contributed by atoms with E-state index >= 15 is 0 Å². The van der Waals surface area contributed by atoms with Gasteiger partial charge in [-0.1, -0.05) is 38.1 Å². The minimum atomic E-state index is 0.679. The van der Waals surface area contributed by atoms with E-state index in [1.807, 2.05) is 0 Å². The number of nitrogens with zero attached hydrogens (tertiary/aromatic N) is 3. The second-order valence-corrected chi connectivity index (χ2v) is 8.31. The zero-order valence-electron chi connectivity index (χ0n) is 18.9. The minimum Gasteiger partial charge on any atom is -0.380 e. The normalized spacial score (nSPS) is 16.4. The van der Waals surface area contributed by atoms with E-state index in [0.717, 1.165) is 64.8 Å². The summed E-state index contributed by atoms with van der Waals surface area (Å²) < 4.78 is 5.67. The summed E-state index contributed by atoms with van der Waals surface area (Å²) in [5.74, 6) is 1.54. The summed E-state index contributed by atoms with van der Waals surface area (Å²) in [7, 11) is 2.20. The monoisotopic (exact) mass is 403 g/mol. The van der Waals surface area contributed by atoms with Crippen molar-refractivity contribution in [3.8, 4) is 0 Å². The number of nitrogens with one attached hydrogen (secondary N) is 2. The van der Waals surface area contributed by atoms with Crippen LogP contribution >= 0.6 is 0 Å². The third kappa shape index (κ3) is 10.1. The molecule has 2 rings (SSSR count). The predicted molar refractivity (Wildman–Crippen MR) is 122 cm³/mol. The van der Waals surface area contributed by atoms with E-state index in [1.54, 1.807) is 0 Å². The molecule has 0 bridgehead atoms. The summed E-state index contributed by atoms with van der Waals surface area (Å²) in [5, 5.41) is 6.66. The van der Waals surface area contributed by atoms with E-state index < -0.39 is 0 Å². The van der Waals surface area contributed by atoms with Crippen molar-refractivity contribution in [2.45, 2.75) is 40.3 Å². The van der Waals surface area contributed by atoms with Gasteiger partial charge in [0, 0.05) is 52.4 Å². The molecular weight excluding hydrogens is 362 g/mol. The molecule has 6 heteroatoms. The Labute approximate surface area is 177 Å². The Morgan fingerprint density at radius 1 is 1.03 bits per heavy atom. The van der Waals surface area contributed by atoms with Crippen molar-refractivity contribution in [3.63, 3.8) is 0 Å². The van der Waals surface area contributed by atoms with Crippen molar-refractivity contribution >= 4 is 5.96 Å². The van der Waals surface area contributed by atoms with Crippen LogP contribution in [0.3, 0.4) is 0 Å². The number of piperazine rings is 1. The Balaban J connectivity index is 1.73. The van der Waals surface area contributed by atoms with Crippen molar-refractivity contribution in [3.05, 3.63) is 35.4 Å². The van der Waals surface area contributed by atoms with Gasteiger partial charge in [-0.15, -0.1) is 0 Å². The fraction of sp³-hybridized carbons (Fsp3) is 0.696. The molecule has 0 unspecified atom stereocenters. The molecule has 1 aromatic carbocycles. The van der Waals surface area contributed by atoms with E-state index in [-0.39, 0.29) is 0 Å². The molecule has 164 valence electrons. The van der Waals surface area contributed by atoms with Crippen LogP contribution in [-0.4, -0.2) is 75.3 Å². The van der Waals surface area contributed by atoms with Crippen molar-refractivity contribution in [1.29, 1.82) is 0 Å². The highest BCUT2D eigenvalue weighted by Gasteiger charge is 2.13. The Bertz CT molecular complexity index is 579. The van der Waals surface area contributed by atoms with E-state index in [0.29, 0.717) is 19.1 Å². The number of guanidine groups is 1. The average molecular weight is 404 g/mol. The lowest BCUT2D eigenvalue weighted by Gasteiger charge is -2.32. The van der Waals surface area contributed by atoms with E-state index in [9.17, 15) is 0 Å². The second-order valence-electron chi connectivity index (χ2n) is 8.31. The maximum Gasteiger partial charge on any atom is 0.191 e. The first kappa shape index (κ1) is 23.6. The number of hydrogen-bond donors (Lipinski definition) is 2. The predicted octanol–water partition coefficient (Wildman–Crippen LogP) is 2.55. The topological polar surface area (TPSA) is 52.1 Å². The number of aliphatic imine (C=N–C) groups is 1. The highest BCUT2D eigenvalue weighted by Crippen LogP contribution is 2.10. The Morgan fingerprint density at radius 2 is 1.72 bits per heavy atom. The summed E-state index contributed by atoms with van der Waals surface area (Å²) in [6, 6.07) is 8.89. The number of benzene rings is 1. The number of rotatable bonds is 11. The third-order valence-electron chi connectivity index (χ3n) is 5.17. The third-order valence-corrected chi connectivity index (χ3v) is 5.17. The van der Waals surface area contributed by atoms with Gasteiger partial charge in [-0.3, -0.25) is 4.90 Å². The number of hydrogen-bond acceptors (Lipinski definition) is 4. The highest BCUT2D eigenvalue weighted by molar-refractivity contribution is 5.79. The van der Waals surface area contributed by atoms with Crippen LogP contribution in [0.2, 0.25) is 0 Å². The largest absolute Gasteiger partial charge is 0.380 e. The fourth-order valence-corrected chi connectivity index (χ4v) is 3.19. The van der Waals surface area contributed by atoms with Crippen LogP contribution in [0.1, 0.15) is 38.3 Å². The minimum absolute atomic E-state index is 0.679. The molecule has 0 amide bonds. The smallest absolute Gasteiger partial charge is 0.191 e. The van der Waals surface area contributed by atoms with E-state index in [1.165, 1.54) is 11.1 Å². The molecule has 1 saturated heterocycles. The van der Waals surface area contributed by atoms with E-state index in [2.05, 4.69) is 72.5 Å². The van der Waals surface area contributed by atoms with Gasteiger partial charge in [-0.2, -0.15) is 0 Å². The summed E-state index contributed by atoms with van der Waals surface area (Å²) in [4.78, 5) is 9.63. The molecule has 0 saturated carbocycles. The van der Waals surface area contributed by atoms with Crippen LogP contribution in [0.25, 0.3) is 0 Å². The molecule has 29 heavy (non-hydrogen) atoms. The molecule has 6 nitrogen and oxygen atoms in total. The molecule has 1 fully saturated rings. The van der Waals surface area contributed by atoms with E-state index in [4.69, 9.17) is 9.73 Å². The molecule has 1 heterocycles. The van der Waals surface area contributed by atoms with Crippen molar-refractivity contribution in [1.82, 2.24) is 20.4 Å². The maximum atomic E-state index is 5.67. The van der Waals surface area contributed by atoms with Crippen molar-refractivity contribution < 1.29 is 4.74 Å². The van der Waals surface area contributed by atoms with Crippen LogP contribution < -0.4 is 10.6 Å². The Hall–Kier alpha value is -1.63. The first-order valence-corrected chi connectivity index (χ1v) is 11.2. The molecule has 0 spiro atoms. The van der Waals surface area contributed by atoms with Crippen molar-refractivity contribution in [2.75, 3.05) is 59.5 Å². The standard InChI is InChI=1S/C23H41N5O/c1-5-24-23(25-11-17-29-16-10-20(2)3)26-18-21-6-8-22(9-7-21)19-28-14-12-27(4)13-15-28/h6-9,20H,5,10-19H2,1-4H3,(H2,24,25,26). The van der Waals surface area contributed by atoms with Gasteiger partial charge < -0.3 is 20.3 Å². The maximum absolute atomic E-state index is 5.67. The van der Waals surface area contributed by atoms with Gasteiger partial charge in [-0.25, -0.2) is 4.99 Å². The molecule has 2 N–H and O–H groups in total. The summed E-state index contributed by atoms with van der Waals surface area (Å²) >= 11 is 0. The van der Waals surface area contributed by atoms with Gasteiger partial charge >= 0.3 is 0 Å². The lowest BCUT2D eigenvalue weighted by molar-refractivity contribution is 0.128. The Morgan fingerprint density at radius 3 is 2.38 bits per heavy atom. The summed E-state index contributed by atoms with van der Waals surface area (Å²) in [6.07, 6.45) is 1.11. The van der Waals surface area contributed by atoms with Crippen LogP contribution in [-0.2, 0) is 17.8 Å².